The molecule has 1 amide bonds. The van der Waals surface area contributed by atoms with Gasteiger partial charge in [-0.1, -0.05) is 0 Å². The molecule has 0 radical (unpaired) electrons. The predicted molar refractivity (Wildman–Crippen MR) is 84.6 cm³/mol. The van der Waals surface area contributed by atoms with Crippen molar-refractivity contribution in [1.82, 2.24) is 15.3 Å². The maximum absolute atomic E-state index is 13.5. The molecule has 0 saturated heterocycles. The first-order valence-electron chi connectivity index (χ1n) is 6.80. The number of halogens is 2. The van der Waals surface area contributed by atoms with Gasteiger partial charge in [0, 0.05) is 19.2 Å². The van der Waals surface area contributed by atoms with Gasteiger partial charge in [0.15, 0.2) is 0 Å². The van der Waals surface area contributed by atoms with Crippen molar-refractivity contribution in [3.8, 4) is 0 Å². The zero-order chi connectivity index (χ0) is 16.2. The van der Waals surface area contributed by atoms with E-state index in [9.17, 15) is 13.6 Å². The second-order valence-corrected chi connectivity index (χ2v) is 5.58. The van der Waals surface area contributed by atoms with Crippen LogP contribution in [0.4, 0.5) is 14.6 Å². The third-order valence-electron chi connectivity index (χ3n) is 3.12. The zero-order valence-corrected chi connectivity index (χ0v) is 12.7. The van der Waals surface area contributed by atoms with Gasteiger partial charge in [0.1, 0.15) is 23.8 Å². The van der Waals surface area contributed by atoms with E-state index < -0.39 is 17.5 Å². The number of benzene rings is 1. The number of anilines is 1. The molecular formula is C15H12F2N4OS. The fraction of sp³-hybridized carbons (Fsp3) is 0.133. The third-order valence-corrected chi connectivity index (χ3v) is 4.03. The van der Waals surface area contributed by atoms with Crippen LogP contribution < -0.4 is 10.6 Å². The summed E-state index contributed by atoms with van der Waals surface area (Å²) in [6.45, 7) is 0.686. The molecule has 3 rings (SSSR count). The van der Waals surface area contributed by atoms with Crippen LogP contribution in [0, 0.1) is 11.6 Å². The van der Waals surface area contributed by atoms with E-state index in [-0.39, 0.29) is 12.1 Å². The van der Waals surface area contributed by atoms with E-state index in [1.165, 1.54) is 17.7 Å². The first kappa shape index (κ1) is 15.3. The Kier molecular flexibility index (Phi) is 4.42. The summed E-state index contributed by atoms with van der Waals surface area (Å²) in [6.07, 6.45) is 1.46. The molecule has 2 heterocycles. The van der Waals surface area contributed by atoms with Gasteiger partial charge >= 0.3 is 0 Å². The van der Waals surface area contributed by atoms with Gasteiger partial charge in [-0.25, -0.2) is 18.7 Å². The summed E-state index contributed by atoms with van der Waals surface area (Å²) in [5.41, 5.74) is 0.666. The molecular weight excluding hydrogens is 322 g/mol. The standard InChI is InChI=1S/C15H12F2N4OS/c16-9-1-2-10(11(17)7-9)15(22)19-5-4-18-14-13-12(3-6-23-13)20-8-21-14/h1-3,6-8H,4-5H2,(H,19,22)(H,18,20,21). The first-order chi connectivity index (χ1) is 11.1. The summed E-state index contributed by atoms with van der Waals surface area (Å²) in [5.74, 6) is -1.50. The Morgan fingerprint density at radius 2 is 2.04 bits per heavy atom. The topological polar surface area (TPSA) is 66.9 Å². The molecule has 23 heavy (non-hydrogen) atoms. The van der Waals surface area contributed by atoms with Crippen LogP contribution in [0.1, 0.15) is 10.4 Å². The Balaban J connectivity index is 1.55. The molecule has 0 fully saturated rings. The second kappa shape index (κ2) is 6.66. The number of amides is 1. The summed E-state index contributed by atoms with van der Waals surface area (Å²) in [5, 5.41) is 7.58. The van der Waals surface area contributed by atoms with Crippen molar-refractivity contribution in [3.05, 3.63) is 53.2 Å². The Morgan fingerprint density at radius 1 is 1.17 bits per heavy atom. The molecule has 0 aliphatic heterocycles. The summed E-state index contributed by atoms with van der Waals surface area (Å²) in [4.78, 5) is 20.1. The van der Waals surface area contributed by atoms with Crippen LogP contribution >= 0.6 is 11.3 Å². The molecule has 0 bridgehead atoms. The van der Waals surface area contributed by atoms with E-state index in [0.717, 1.165) is 22.3 Å². The number of rotatable bonds is 5. The molecule has 118 valence electrons. The lowest BCUT2D eigenvalue weighted by Crippen LogP contribution is -2.29. The molecule has 0 saturated carbocycles. The van der Waals surface area contributed by atoms with Gasteiger partial charge in [0.25, 0.3) is 5.91 Å². The van der Waals surface area contributed by atoms with Gasteiger partial charge in [-0.3, -0.25) is 4.79 Å². The predicted octanol–water partition coefficient (Wildman–Crippen LogP) is 2.81. The fourth-order valence-electron chi connectivity index (χ4n) is 2.04. The number of hydrogen-bond donors (Lipinski definition) is 2. The molecule has 0 atom stereocenters. The normalized spacial score (nSPS) is 10.7. The van der Waals surface area contributed by atoms with E-state index in [1.54, 1.807) is 0 Å². The Bertz CT molecular complexity index is 852. The maximum atomic E-state index is 13.5. The van der Waals surface area contributed by atoms with Crippen LogP contribution in [0.5, 0.6) is 0 Å². The van der Waals surface area contributed by atoms with E-state index in [1.807, 2.05) is 11.4 Å². The van der Waals surface area contributed by atoms with E-state index in [0.29, 0.717) is 18.4 Å². The minimum absolute atomic E-state index is 0.186. The van der Waals surface area contributed by atoms with Crippen molar-refractivity contribution in [3.63, 3.8) is 0 Å². The van der Waals surface area contributed by atoms with Crippen molar-refractivity contribution in [2.75, 3.05) is 18.4 Å². The minimum Gasteiger partial charge on any atom is -0.367 e. The number of fused-ring (bicyclic) bond motifs is 1. The Hall–Kier alpha value is -2.61. The lowest BCUT2D eigenvalue weighted by Gasteiger charge is -2.08. The van der Waals surface area contributed by atoms with Gasteiger partial charge < -0.3 is 10.6 Å². The number of aromatic nitrogens is 2. The van der Waals surface area contributed by atoms with Gasteiger partial charge in [-0.15, -0.1) is 11.3 Å². The van der Waals surface area contributed by atoms with Crippen LogP contribution in [-0.2, 0) is 0 Å². The van der Waals surface area contributed by atoms with Gasteiger partial charge in [-0.2, -0.15) is 0 Å². The summed E-state index contributed by atoms with van der Waals surface area (Å²) in [7, 11) is 0. The number of carbonyl (C=O) groups excluding carboxylic acids is 1. The highest BCUT2D eigenvalue weighted by atomic mass is 32.1. The molecule has 0 aliphatic carbocycles. The van der Waals surface area contributed by atoms with Crippen LogP contribution in [0.25, 0.3) is 10.2 Å². The zero-order valence-electron chi connectivity index (χ0n) is 11.8. The van der Waals surface area contributed by atoms with Crippen molar-refractivity contribution in [2.24, 2.45) is 0 Å². The highest BCUT2D eigenvalue weighted by molar-refractivity contribution is 7.17. The lowest BCUT2D eigenvalue weighted by molar-refractivity contribution is 0.0951. The number of hydrogen-bond acceptors (Lipinski definition) is 5. The highest BCUT2D eigenvalue weighted by Gasteiger charge is 2.12. The fourth-order valence-corrected chi connectivity index (χ4v) is 2.85. The van der Waals surface area contributed by atoms with Crippen LogP contribution in [-0.4, -0.2) is 29.0 Å². The van der Waals surface area contributed by atoms with Crippen molar-refractivity contribution < 1.29 is 13.6 Å². The van der Waals surface area contributed by atoms with E-state index >= 15 is 0 Å². The molecule has 0 spiro atoms. The van der Waals surface area contributed by atoms with E-state index in [4.69, 9.17) is 0 Å². The van der Waals surface area contributed by atoms with Gasteiger partial charge in [0.2, 0.25) is 0 Å². The summed E-state index contributed by atoms with van der Waals surface area (Å²) in [6, 6.07) is 4.74. The quantitative estimate of drug-likeness (QED) is 0.704. The maximum Gasteiger partial charge on any atom is 0.254 e. The third kappa shape index (κ3) is 3.42. The number of carbonyl (C=O) groups is 1. The van der Waals surface area contributed by atoms with E-state index in [2.05, 4.69) is 20.6 Å². The minimum atomic E-state index is -0.883. The molecule has 3 aromatic rings. The second-order valence-electron chi connectivity index (χ2n) is 4.66. The van der Waals surface area contributed by atoms with Gasteiger partial charge in [-0.05, 0) is 23.6 Å². The monoisotopic (exact) mass is 334 g/mol. The Labute approximate surface area is 134 Å². The number of nitrogens with zero attached hydrogens (tertiary/aromatic N) is 2. The van der Waals surface area contributed by atoms with Gasteiger partial charge in [0.05, 0.1) is 15.8 Å². The SMILES string of the molecule is O=C(NCCNc1ncnc2ccsc12)c1ccc(F)cc1F. The van der Waals surface area contributed by atoms with Crippen molar-refractivity contribution >= 4 is 33.3 Å². The number of thiophene rings is 1. The number of nitrogens with one attached hydrogen (secondary N) is 2. The summed E-state index contributed by atoms with van der Waals surface area (Å²) >= 11 is 1.52. The smallest absolute Gasteiger partial charge is 0.254 e. The molecule has 0 aliphatic rings. The lowest BCUT2D eigenvalue weighted by atomic mass is 10.2. The highest BCUT2D eigenvalue weighted by Crippen LogP contribution is 2.24. The summed E-state index contributed by atoms with van der Waals surface area (Å²) < 4.78 is 27.2. The van der Waals surface area contributed by atoms with Crippen LogP contribution in [0.3, 0.4) is 0 Å². The van der Waals surface area contributed by atoms with Crippen LogP contribution in [0.2, 0.25) is 0 Å². The molecule has 5 nitrogen and oxygen atoms in total. The molecule has 2 aromatic heterocycles. The van der Waals surface area contributed by atoms with Crippen LogP contribution in [0.15, 0.2) is 36.0 Å². The molecule has 2 N–H and O–H groups in total. The molecule has 8 heteroatoms. The average Bonchev–Trinajstić information content (AvgIpc) is 3.00. The largest absolute Gasteiger partial charge is 0.367 e. The van der Waals surface area contributed by atoms with Crippen molar-refractivity contribution in [2.45, 2.75) is 0 Å². The van der Waals surface area contributed by atoms with Crippen molar-refractivity contribution in [1.29, 1.82) is 0 Å². The molecule has 1 aromatic carbocycles. The first-order valence-corrected chi connectivity index (χ1v) is 7.68. The average molecular weight is 334 g/mol. The Morgan fingerprint density at radius 3 is 2.87 bits per heavy atom. The molecule has 0 unspecified atom stereocenters.